The topological polar surface area (TPSA) is 69.1 Å². The molecule has 0 spiro atoms. The largest absolute Gasteiger partial charge is 0.399 e. The molecule has 4 N–H and O–H groups in total. The van der Waals surface area contributed by atoms with Crippen molar-refractivity contribution in [3.8, 4) is 0 Å². The van der Waals surface area contributed by atoms with E-state index in [1.54, 1.807) is 12.1 Å². The van der Waals surface area contributed by atoms with E-state index in [1.807, 2.05) is 13.0 Å². The van der Waals surface area contributed by atoms with Gasteiger partial charge >= 0.3 is 0 Å². The summed E-state index contributed by atoms with van der Waals surface area (Å²) in [7, 11) is 0. The predicted molar refractivity (Wildman–Crippen MR) is 48.8 cm³/mol. The molecule has 3 nitrogen and oxygen atoms in total. The molecular formula is C9H12N2O. The van der Waals surface area contributed by atoms with E-state index >= 15 is 0 Å². The Morgan fingerprint density at radius 3 is 2.58 bits per heavy atom. The number of benzene rings is 1. The summed E-state index contributed by atoms with van der Waals surface area (Å²) in [5.41, 5.74) is 12.8. The predicted octanol–water partition coefficient (Wildman–Crippen LogP) is 0.930. The van der Waals surface area contributed by atoms with Crippen LogP contribution in [0, 0.1) is 0 Å². The zero-order chi connectivity index (χ0) is 9.14. The number of rotatable bonds is 2. The minimum absolute atomic E-state index is 0.433. The molecule has 0 atom stereocenters. The van der Waals surface area contributed by atoms with Crippen LogP contribution < -0.4 is 11.5 Å². The molecule has 0 saturated carbocycles. The first-order chi connectivity index (χ1) is 5.63. The third-order valence-corrected chi connectivity index (χ3v) is 1.71. The van der Waals surface area contributed by atoms with E-state index in [4.69, 9.17) is 11.5 Å². The number of anilines is 1. The van der Waals surface area contributed by atoms with Gasteiger partial charge in [0.1, 0.15) is 0 Å². The monoisotopic (exact) mass is 164 g/mol. The highest BCUT2D eigenvalue weighted by atomic mass is 16.1. The summed E-state index contributed by atoms with van der Waals surface area (Å²) in [6.45, 7) is 2.00. The molecule has 1 rings (SSSR count). The lowest BCUT2D eigenvalue weighted by Gasteiger charge is -2.01. The normalized spacial score (nSPS) is 9.75. The number of nitrogens with two attached hydrogens (primary N) is 2. The van der Waals surface area contributed by atoms with Gasteiger partial charge in [-0.05, 0) is 30.2 Å². The number of amides is 1. The first-order valence-corrected chi connectivity index (χ1v) is 3.82. The minimum atomic E-state index is -0.433. The molecule has 0 aliphatic rings. The van der Waals surface area contributed by atoms with Crippen LogP contribution in [0.2, 0.25) is 0 Å². The second-order valence-electron chi connectivity index (χ2n) is 2.68. The van der Waals surface area contributed by atoms with E-state index in [1.165, 1.54) is 0 Å². The Labute approximate surface area is 71.4 Å². The molecule has 0 aliphatic heterocycles. The van der Waals surface area contributed by atoms with Crippen LogP contribution in [-0.2, 0) is 6.42 Å². The van der Waals surface area contributed by atoms with Crippen molar-refractivity contribution in [2.75, 3.05) is 5.73 Å². The summed E-state index contributed by atoms with van der Waals surface area (Å²) in [6, 6.07) is 5.19. The Hall–Kier alpha value is -1.51. The van der Waals surface area contributed by atoms with Crippen LogP contribution in [0.1, 0.15) is 22.8 Å². The Morgan fingerprint density at radius 2 is 2.08 bits per heavy atom. The fraction of sp³-hybridized carbons (Fsp3) is 0.222. The summed E-state index contributed by atoms with van der Waals surface area (Å²) in [4.78, 5) is 10.8. The molecule has 0 radical (unpaired) electrons. The summed E-state index contributed by atoms with van der Waals surface area (Å²) < 4.78 is 0. The quantitative estimate of drug-likeness (QED) is 0.638. The van der Waals surface area contributed by atoms with Gasteiger partial charge in [-0.15, -0.1) is 0 Å². The van der Waals surface area contributed by atoms with Crippen LogP contribution in [-0.4, -0.2) is 5.91 Å². The Morgan fingerprint density at radius 1 is 1.42 bits per heavy atom. The summed E-state index contributed by atoms with van der Waals surface area (Å²) in [5.74, 6) is -0.433. The van der Waals surface area contributed by atoms with Gasteiger partial charge in [-0.1, -0.05) is 6.92 Å². The van der Waals surface area contributed by atoms with Gasteiger partial charge in [0.05, 0.1) is 0 Å². The maximum absolute atomic E-state index is 10.8. The Kier molecular flexibility index (Phi) is 2.33. The lowest BCUT2D eigenvalue weighted by molar-refractivity contribution is 0.100. The van der Waals surface area contributed by atoms with Crippen LogP contribution >= 0.6 is 0 Å². The second kappa shape index (κ2) is 3.26. The fourth-order valence-electron chi connectivity index (χ4n) is 1.06. The van der Waals surface area contributed by atoms with Crippen LogP contribution in [0.5, 0.6) is 0 Å². The van der Waals surface area contributed by atoms with Crippen molar-refractivity contribution in [1.82, 2.24) is 0 Å². The average molecular weight is 164 g/mol. The zero-order valence-corrected chi connectivity index (χ0v) is 7.00. The van der Waals surface area contributed by atoms with E-state index in [0.29, 0.717) is 11.3 Å². The number of primary amides is 1. The molecule has 1 aromatic rings. The smallest absolute Gasteiger partial charge is 0.248 e. The van der Waals surface area contributed by atoms with Crippen molar-refractivity contribution in [1.29, 1.82) is 0 Å². The summed E-state index contributed by atoms with van der Waals surface area (Å²) >= 11 is 0. The number of hydrogen-bond acceptors (Lipinski definition) is 2. The van der Waals surface area contributed by atoms with Crippen molar-refractivity contribution in [2.24, 2.45) is 5.73 Å². The van der Waals surface area contributed by atoms with Crippen molar-refractivity contribution in [3.05, 3.63) is 29.3 Å². The molecule has 1 amide bonds. The lowest BCUT2D eigenvalue weighted by atomic mass is 10.1. The average Bonchev–Trinajstić information content (AvgIpc) is 2.03. The molecule has 0 bridgehead atoms. The minimum Gasteiger partial charge on any atom is -0.399 e. The van der Waals surface area contributed by atoms with E-state index in [-0.39, 0.29) is 0 Å². The molecule has 0 aliphatic carbocycles. The molecule has 12 heavy (non-hydrogen) atoms. The number of nitrogen functional groups attached to an aromatic ring is 1. The SMILES string of the molecule is CCc1cc(N)cc(C(N)=O)c1. The molecule has 3 heteroatoms. The van der Waals surface area contributed by atoms with E-state index in [2.05, 4.69) is 0 Å². The van der Waals surface area contributed by atoms with Gasteiger partial charge in [0, 0.05) is 11.3 Å². The number of hydrogen-bond donors (Lipinski definition) is 2. The number of carbonyl (C=O) groups excluding carboxylic acids is 1. The van der Waals surface area contributed by atoms with Crippen LogP contribution in [0.4, 0.5) is 5.69 Å². The second-order valence-corrected chi connectivity index (χ2v) is 2.68. The van der Waals surface area contributed by atoms with Crippen molar-refractivity contribution in [3.63, 3.8) is 0 Å². The van der Waals surface area contributed by atoms with E-state index in [9.17, 15) is 4.79 Å². The summed E-state index contributed by atoms with van der Waals surface area (Å²) in [6.07, 6.45) is 0.852. The fourth-order valence-corrected chi connectivity index (χ4v) is 1.06. The highest BCUT2D eigenvalue weighted by Gasteiger charge is 2.02. The zero-order valence-electron chi connectivity index (χ0n) is 7.00. The van der Waals surface area contributed by atoms with Crippen LogP contribution in [0.15, 0.2) is 18.2 Å². The lowest BCUT2D eigenvalue weighted by Crippen LogP contribution is -2.11. The third kappa shape index (κ3) is 1.75. The first kappa shape index (κ1) is 8.59. The van der Waals surface area contributed by atoms with Crippen molar-refractivity contribution in [2.45, 2.75) is 13.3 Å². The molecule has 0 unspecified atom stereocenters. The van der Waals surface area contributed by atoms with Gasteiger partial charge in [0.25, 0.3) is 0 Å². The maximum atomic E-state index is 10.8. The Balaban J connectivity index is 3.15. The number of aryl methyl sites for hydroxylation is 1. The van der Waals surface area contributed by atoms with E-state index in [0.717, 1.165) is 12.0 Å². The van der Waals surface area contributed by atoms with Gasteiger partial charge in [-0.25, -0.2) is 0 Å². The van der Waals surface area contributed by atoms with Crippen molar-refractivity contribution < 1.29 is 4.79 Å². The standard InChI is InChI=1S/C9H12N2O/c1-2-6-3-7(9(11)12)5-8(10)4-6/h3-5H,2,10H2,1H3,(H2,11,12). The summed E-state index contributed by atoms with van der Waals surface area (Å²) in [5, 5.41) is 0. The van der Waals surface area contributed by atoms with Gasteiger partial charge in [-0.3, -0.25) is 4.79 Å². The van der Waals surface area contributed by atoms with Gasteiger partial charge in [-0.2, -0.15) is 0 Å². The maximum Gasteiger partial charge on any atom is 0.248 e. The molecule has 0 saturated heterocycles. The Bertz CT molecular complexity index is 307. The molecule has 64 valence electrons. The van der Waals surface area contributed by atoms with Crippen LogP contribution in [0.25, 0.3) is 0 Å². The molecule has 0 heterocycles. The molecule has 1 aromatic carbocycles. The highest BCUT2D eigenvalue weighted by molar-refractivity contribution is 5.93. The third-order valence-electron chi connectivity index (χ3n) is 1.71. The molecular weight excluding hydrogens is 152 g/mol. The molecule has 0 aromatic heterocycles. The van der Waals surface area contributed by atoms with Gasteiger partial charge < -0.3 is 11.5 Å². The van der Waals surface area contributed by atoms with Crippen LogP contribution in [0.3, 0.4) is 0 Å². The first-order valence-electron chi connectivity index (χ1n) is 3.82. The van der Waals surface area contributed by atoms with Crippen molar-refractivity contribution >= 4 is 11.6 Å². The van der Waals surface area contributed by atoms with Gasteiger partial charge in [0.15, 0.2) is 0 Å². The van der Waals surface area contributed by atoms with Gasteiger partial charge in [0.2, 0.25) is 5.91 Å². The molecule has 0 fully saturated rings. The number of carbonyl (C=O) groups is 1. The highest BCUT2D eigenvalue weighted by Crippen LogP contribution is 2.11. The van der Waals surface area contributed by atoms with E-state index < -0.39 is 5.91 Å².